The molecule has 1 saturated heterocycles. The molecule has 8 heteroatoms. The molecule has 0 aliphatic carbocycles. The second kappa shape index (κ2) is 9.68. The van der Waals surface area contributed by atoms with Crippen molar-refractivity contribution in [1.29, 1.82) is 0 Å². The summed E-state index contributed by atoms with van der Waals surface area (Å²) in [5.74, 6) is 0.698. The maximum Gasteiger partial charge on any atom is 0.253 e. The zero-order valence-corrected chi connectivity index (χ0v) is 16.5. The highest BCUT2D eigenvalue weighted by Gasteiger charge is 2.28. The van der Waals surface area contributed by atoms with Crippen LogP contribution in [0, 0.1) is 5.92 Å². The summed E-state index contributed by atoms with van der Waals surface area (Å²) < 4.78 is 10.5. The smallest absolute Gasteiger partial charge is 0.253 e. The Morgan fingerprint density at radius 3 is 2.59 bits per heavy atom. The van der Waals surface area contributed by atoms with Crippen LogP contribution in [0.2, 0.25) is 0 Å². The monoisotopic (exact) mass is 396 g/mol. The van der Waals surface area contributed by atoms with Crippen molar-refractivity contribution in [3.05, 3.63) is 53.9 Å². The molecule has 0 spiro atoms. The molecule has 1 aromatic carbocycles. The van der Waals surface area contributed by atoms with Crippen LogP contribution in [0.4, 0.5) is 0 Å². The zero-order chi connectivity index (χ0) is 20.6. The van der Waals surface area contributed by atoms with Gasteiger partial charge in [-0.25, -0.2) is 5.43 Å². The molecule has 1 N–H and O–H groups in total. The third-order valence-electron chi connectivity index (χ3n) is 4.86. The quantitative estimate of drug-likeness (QED) is 0.596. The lowest BCUT2D eigenvalue weighted by molar-refractivity contribution is -0.126. The number of likely N-dealkylation sites (tertiary alicyclic amines) is 1. The average molecular weight is 396 g/mol. The first-order valence-electron chi connectivity index (χ1n) is 9.36. The van der Waals surface area contributed by atoms with Gasteiger partial charge in [0, 0.05) is 42.5 Å². The maximum atomic E-state index is 12.8. The van der Waals surface area contributed by atoms with Gasteiger partial charge in [0.25, 0.3) is 5.91 Å². The molecule has 8 nitrogen and oxygen atoms in total. The molecule has 1 aliphatic rings. The number of methoxy groups -OCH3 is 2. The number of amides is 2. The molecule has 0 atom stereocenters. The number of piperidine rings is 1. The average Bonchev–Trinajstić information content (AvgIpc) is 2.78. The van der Waals surface area contributed by atoms with Crippen LogP contribution in [0.15, 0.2) is 47.8 Å². The number of hydrogen-bond acceptors (Lipinski definition) is 6. The second-order valence-corrected chi connectivity index (χ2v) is 6.66. The van der Waals surface area contributed by atoms with E-state index in [-0.39, 0.29) is 17.7 Å². The highest BCUT2D eigenvalue weighted by molar-refractivity contribution is 5.95. The number of hydrazone groups is 1. The predicted molar refractivity (Wildman–Crippen MR) is 108 cm³/mol. The fraction of sp³-hybridized carbons (Fsp3) is 0.333. The highest BCUT2D eigenvalue weighted by Crippen LogP contribution is 2.28. The van der Waals surface area contributed by atoms with Gasteiger partial charge in [-0.05, 0) is 37.1 Å². The van der Waals surface area contributed by atoms with Crippen LogP contribution in [0.3, 0.4) is 0 Å². The summed E-state index contributed by atoms with van der Waals surface area (Å²) in [4.78, 5) is 30.8. The van der Waals surface area contributed by atoms with E-state index in [1.165, 1.54) is 7.11 Å². The number of aromatic nitrogens is 1. The minimum atomic E-state index is -0.171. The summed E-state index contributed by atoms with van der Waals surface area (Å²) in [5.41, 5.74) is 3.92. The van der Waals surface area contributed by atoms with Crippen LogP contribution in [-0.2, 0) is 4.79 Å². The van der Waals surface area contributed by atoms with Crippen molar-refractivity contribution >= 4 is 18.0 Å². The van der Waals surface area contributed by atoms with Gasteiger partial charge in [-0.2, -0.15) is 5.10 Å². The van der Waals surface area contributed by atoms with Gasteiger partial charge in [0.1, 0.15) is 0 Å². The molecule has 0 saturated carbocycles. The fourth-order valence-electron chi connectivity index (χ4n) is 3.21. The Kier molecular flexibility index (Phi) is 6.78. The predicted octanol–water partition coefficient (Wildman–Crippen LogP) is 2.10. The van der Waals surface area contributed by atoms with Gasteiger partial charge in [-0.3, -0.25) is 14.6 Å². The SMILES string of the molecule is COc1ccc(C(=O)N2CCC(C(=O)N/N=C\c3cccnc3)CC2)cc1OC. The number of carbonyl (C=O) groups is 2. The molecular weight excluding hydrogens is 372 g/mol. The van der Waals surface area contributed by atoms with E-state index < -0.39 is 0 Å². The third kappa shape index (κ3) is 5.10. The Balaban J connectivity index is 1.52. The number of rotatable bonds is 6. The number of benzene rings is 1. The van der Waals surface area contributed by atoms with E-state index in [9.17, 15) is 9.59 Å². The van der Waals surface area contributed by atoms with E-state index in [0.717, 1.165) is 5.56 Å². The lowest BCUT2D eigenvalue weighted by Crippen LogP contribution is -2.42. The van der Waals surface area contributed by atoms with E-state index >= 15 is 0 Å². The first-order valence-corrected chi connectivity index (χ1v) is 9.36. The summed E-state index contributed by atoms with van der Waals surface area (Å²) in [7, 11) is 3.09. The van der Waals surface area contributed by atoms with Gasteiger partial charge in [0.15, 0.2) is 11.5 Å². The molecule has 1 aromatic heterocycles. The van der Waals surface area contributed by atoms with E-state index in [1.807, 2.05) is 6.07 Å². The number of hydrogen-bond donors (Lipinski definition) is 1. The summed E-state index contributed by atoms with van der Waals surface area (Å²) >= 11 is 0. The lowest BCUT2D eigenvalue weighted by atomic mass is 9.95. The van der Waals surface area contributed by atoms with Gasteiger partial charge in [-0.15, -0.1) is 0 Å². The number of pyridine rings is 1. The zero-order valence-electron chi connectivity index (χ0n) is 16.5. The molecule has 1 aliphatic heterocycles. The molecule has 2 heterocycles. The minimum Gasteiger partial charge on any atom is -0.493 e. The van der Waals surface area contributed by atoms with Crippen LogP contribution in [0.1, 0.15) is 28.8 Å². The van der Waals surface area contributed by atoms with Crippen LogP contribution in [-0.4, -0.2) is 55.2 Å². The molecule has 0 bridgehead atoms. The van der Waals surface area contributed by atoms with Crippen molar-refractivity contribution in [3.63, 3.8) is 0 Å². The van der Waals surface area contributed by atoms with Crippen LogP contribution >= 0.6 is 0 Å². The molecule has 29 heavy (non-hydrogen) atoms. The Morgan fingerprint density at radius 1 is 1.17 bits per heavy atom. The standard InChI is InChI=1S/C21H24N4O4/c1-28-18-6-5-17(12-19(18)29-2)21(27)25-10-7-16(8-11-25)20(26)24-23-14-15-4-3-9-22-13-15/h3-6,9,12-14,16H,7-8,10-11H2,1-2H3,(H,24,26)/b23-14-. The Hall–Kier alpha value is -3.42. The Bertz CT molecular complexity index is 878. The van der Waals surface area contributed by atoms with E-state index in [0.29, 0.717) is 43.0 Å². The molecule has 2 amide bonds. The lowest BCUT2D eigenvalue weighted by Gasteiger charge is -2.31. The fourth-order valence-corrected chi connectivity index (χ4v) is 3.21. The highest BCUT2D eigenvalue weighted by atomic mass is 16.5. The van der Waals surface area contributed by atoms with Crippen molar-refractivity contribution in [2.75, 3.05) is 27.3 Å². The Morgan fingerprint density at radius 2 is 1.93 bits per heavy atom. The topological polar surface area (TPSA) is 93.1 Å². The Labute approximate surface area is 169 Å². The molecule has 3 rings (SSSR count). The molecule has 1 fully saturated rings. The summed E-state index contributed by atoms with van der Waals surface area (Å²) in [5, 5.41) is 3.98. The van der Waals surface area contributed by atoms with Gasteiger partial charge >= 0.3 is 0 Å². The van der Waals surface area contributed by atoms with E-state index in [1.54, 1.807) is 54.9 Å². The second-order valence-electron chi connectivity index (χ2n) is 6.66. The van der Waals surface area contributed by atoms with Crippen molar-refractivity contribution in [3.8, 4) is 11.5 Å². The maximum absolute atomic E-state index is 12.8. The number of ether oxygens (including phenoxy) is 2. The molecule has 0 radical (unpaired) electrons. The van der Waals surface area contributed by atoms with Crippen molar-refractivity contribution in [2.45, 2.75) is 12.8 Å². The van der Waals surface area contributed by atoms with Gasteiger partial charge in [0.05, 0.1) is 20.4 Å². The first kappa shape index (κ1) is 20.3. The number of nitrogens with zero attached hydrogens (tertiary/aromatic N) is 3. The number of carbonyl (C=O) groups excluding carboxylic acids is 2. The summed E-state index contributed by atoms with van der Waals surface area (Å²) in [6, 6.07) is 8.75. The van der Waals surface area contributed by atoms with E-state index in [2.05, 4.69) is 15.5 Å². The van der Waals surface area contributed by atoms with Crippen LogP contribution in [0.25, 0.3) is 0 Å². The summed E-state index contributed by atoms with van der Waals surface area (Å²) in [6.45, 7) is 1.02. The van der Waals surface area contributed by atoms with Crippen LogP contribution in [0.5, 0.6) is 11.5 Å². The summed E-state index contributed by atoms with van der Waals surface area (Å²) in [6.07, 6.45) is 6.07. The van der Waals surface area contributed by atoms with Gasteiger partial charge in [-0.1, -0.05) is 6.07 Å². The number of nitrogens with one attached hydrogen (secondary N) is 1. The molecule has 152 valence electrons. The van der Waals surface area contributed by atoms with E-state index in [4.69, 9.17) is 9.47 Å². The largest absolute Gasteiger partial charge is 0.493 e. The van der Waals surface area contributed by atoms with Gasteiger partial charge < -0.3 is 14.4 Å². The van der Waals surface area contributed by atoms with Crippen molar-refractivity contribution < 1.29 is 19.1 Å². The normalized spacial score (nSPS) is 14.6. The third-order valence-corrected chi connectivity index (χ3v) is 4.86. The van der Waals surface area contributed by atoms with Crippen molar-refractivity contribution in [2.24, 2.45) is 11.0 Å². The molecular formula is C21H24N4O4. The molecule has 0 unspecified atom stereocenters. The van der Waals surface area contributed by atoms with Gasteiger partial charge in [0.2, 0.25) is 5.91 Å². The molecule has 2 aromatic rings. The van der Waals surface area contributed by atoms with Crippen LogP contribution < -0.4 is 14.9 Å². The minimum absolute atomic E-state index is 0.0839. The van der Waals surface area contributed by atoms with Crippen molar-refractivity contribution in [1.82, 2.24) is 15.3 Å². The first-order chi connectivity index (χ1) is 14.1.